The number of nitriles is 1. The molecular weight excluding hydrogens is 202 g/mol. The summed E-state index contributed by atoms with van der Waals surface area (Å²) < 4.78 is 0. The molecule has 0 heterocycles. The van der Waals surface area contributed by atoms with Gasteiger partial charge in [0.1, 0.15) is 0 Å². The van der Waals surface area contributed by atoms with Crippen LogP contribution in [0.4, 0.5) is 0 Å². The van der Waals surface area contributed by atoms with Gasteiger partial charge in [-0.15, -0.1) is 0 Å². The lowest BCUT2D eigenvalue weighted by Gasteiger charge is -2.06. The topological polar surface area (TPSA) is 57.9 Å². The van der Waals surface area contributed by atoms with Crippen molar-refractivity contribution in [2.24, 2.45) is 5.92 Å². The Morgan fingerprint density at radius 2 is 1.94 bits per heavy atom. The third-order valence-electron chi connectivity index (χ3n) is 2.27. The minimum absolute atomic E-state index is 0.275. The maximum Gasteiger partial charge on any atom is 0.187 e. The van der Waals surface area contributed by atoms with E-state index >= 15 is 0 Å². The van der Waals surface area contributed by atoms with Gasteiger partial charge in [0.2, 0.25) is 0 Å². The van der Waals surface area contributed by atoms with Crippen molar-refractivity contribution in [2.45, 2.75) is 19.8 Å². The highest BCUT2D eigenvalue weighted by atomic mass is 16.1. The summed E-state index contributed by atoms with van der Waals surface area (Å²) in [7, 11) is 0. The molecule has 0 saturated heterocycles. The standard InChI is InChI=1S/C13H13NO2/c1-2-6-12(15)11(9-14)13(16)10-7-4-3-5-8-10/h3-5,7-8,11H,2,6H2,1H3. The minimum atomic E-state index is -1.15. The number of hydrogen-bond donors (Lipinski definition) is 0. The summed E-state index contributed by atoms with van der Waals surface area (Å²) in [6.45, 7) is 1.85. The molecule has 1 unspecified atom stereocenters. The lowest BCUT2D eigenvalue weighted by molar-refractivity contribution is -0.120. The molecule has 0 amide bonds. The molecule has 16 heavy (non-hydrogen) atoms. The van der Waals surface area contributed by atoms with E-state index in [0.717, 1.165) is 0 Å². The van der Waals surface area contributed by atoms with Crippen molar-refractivity contribution in [1.29, 1.82) is 5.26 Å². The zero-order valence-corrected chi connectivity index (χ0v) is 9.14. The second kappa shape index (κ2) is 5.82. The highest BCUT2D eigenvalue weighted by Gasteiger charge is 2.26. The number of carbonyl (C=O) groups is 2. The summed E-state index contributed by atoms with van der Waals surface area (Å²) in [6.07, 6.45) is 0.926. The molecule has 0 saturated carbocycles. The van der Waals surface area contributed by atoms with Crippen molar-refractivity contribution < 1.29 is 9.59 Å². The van der Waals surface area contributed by atoms with Crippen molar-refractivity contribution in [1.82, 2.24) is 0 Å². The molecular formula is C13H13NO2. The van der Waals surface area contributed by atoms with E-state index in [1.54, 1.807) is 36.4 Å². The van der Waals surface area contributed by atoms with E-state index in [-0.39, 0.29) is 12.2 Å². The summed E-state index contributed by atoms with van der Waals surface area (Å²) >= 11 is 0. The fourth-order valence-electron chi connectivity index (χ4n) is 1.44. The number of rotatable bonds is 5. The van der Waals surface area contributed by atoms with Gasteiger partial charge in [0, 0.05) is 12.0 Å². The Kier molecular flexibility index (Phi) is 4.41. The molecule has 3 nitrogen and oxygen atoms in total. The molecule has 0 spiro atoms. The first-order valence-electron chi connectivity index (χ1n) is 5.22. The third-order valence-corrected chi connectivity index (χ3v) is 2.27. The number of hydrogen-bond acceptors (Lipinski definition) is 3. The molecule has 1 aromatic rings. The van der Waals surface area contributed by atoms with Crippen LogP contribution >= 0.6 is 0 Å². The van der Waals surface area contributed by atoms with Crippen molar-refractivity contribution in [3.8, 4) is 6.07 Å². The van der Waals surface area contributed by atoms with Gasteiger partial charge in [-0.25, -0.2) is 0 Å². The Morgan fingerprint density at radius 3 is 2.44 bits per heavy atom. The van der Waals surface area contributed by atoms with Crippen LogP contribution < -0.4 is 0 Å². The van der Waals surface area contributed by atoms with Crippen LogP contribution in [0.15, 0.2) is 30.3 Å². The van der Waals surface area contributed by atoms with E-state index in [0.29, 0.717) is 12.0 Å². The van der Waals surface area contributed by atoms with Gasteiger partial charge in [0.15, 0.2) is 17.5 Å². The Morgan fingerprint density at radius 1 is 1.31 bits per heavy atom. The van der Waals surface area contributed by atoms with Crippen LogP contribution in [0.1, 0.15) is 30.1 Å². The van der Waals surface area contributed by atoms with Crippen molar-refractivity contribution >= 4 is 11.6 Å². The highest BCUT2D eigenvalue weighted by molar-refractivity contribution is 6.12. The molecule has 82 valence electrons. The fourth-order valence-corrected chi connectivity index (χ4v) is 1.44. The van der Waals surface area contributed by atoms with Crippen molar-refractivity contribution in [3.63, 3.8) is 0 Å². The normalized spacial score (nSPS) is 11.5. The van der Waals surface area contributed by atoms with Crippen LogP contribution in [-0.2, 0) is 4.79 Å². The van der Waals surface area contributed by atoms with Crippen LogP contribution in [0.3, 0.4) is 0 Å². The van der Waals surface area contributed by atoms with Crippen LogP contribution in [-0.4, -0.2) is 11.6 Å². The minimum Gasteiger partial charge on any atom is -0.298 e. The summed E-state index contributed by atoms with van der Waals surface area (Å²) in [4.78, 5) is 23.4. The maximum absolute atomic E-state index is 11.8. The number of benzene rings is 1. The maximum atomic E-state index is 11.8. The monoisotopic (exact) mass is 215 g/mol. The molecule has 0 aliphatic rings. The van der Waals surface area contributed by atoms with Gasteiger partial charge in [-0.1, -0.05) is 37.3 Å². The zero-order valence-electron chi connectivity index (χ0n) is 9.14. The quantitative estimate of drug-likeness (QED) is 0.559. The second-order valence-corrected chi connectivity index (χ2v) is 3.51. The summed E-state index contributed by atoms with van der Waals surface area (Å²) in [5.74, 6) is -1.84. The smallest absolute Gasteiger partial charge is 0.187 e. The summed E-state index contributed by atoms with van der Waals surface area (Å²) in [5, 5.41) is 8.86. The lowest BCUT2D eigenvalue weighted by atomic mass is 9.93. The number of carbonyl (C=O) groups excluding carboxylic acids is 2. The van der Waals surface area contributed by atoms with Crippen molar-refractivity contribution in [3.05, 3.63) is 35.9 Å². The molecule has 0 N–H and O–H groups in total. The average molecular weight is 215 g/mol. The SMILES string of the molecule is CCCC(=O)C(C#N)C(=O)c1ccccc1. The fraction of sp³-hybridized carbons (Fsp3) is 0.308. The van der Waals surface area contributed by atoms with E-state index in [4.69, 9.17) is 5.26 Å². The van der Waals surface area contributed by atoms with Crippen LogP contribution in [0.2, 0.25) is 0 Å². The molecule has 0 aliphatic carbocycles. The van der Waals surface area contributed by atoms with Crippen LogP contribution in [0.25, 0.3) is 0 Å². The zero-order chi connectivity index (χ0) is 12.0. The van der Waals surface area contributed by atoms with Gasteiger partial charge in [0.05, 0.1) is 6.07 Å². The van der Waals surface area contributed by atoms with Gasteiger partial charge in [-0.05, 0) is 6.42 Å². The first-order valence-corrected chi connectivity index (χ1v) is 5.22. The molecule has 0 bridgehead atoms. The largest absolute Gasteiger partial charge is 0.298 e. The van der Waals surface area contributed by atoms with Gasteiger partial charge in [-0.2, -0.15) is 5.26 Å². The molecule has 1 atom stereocenters. The molecule has 0 aromatic heterocycles. The summed E-state index contributed by atoms with van der Waals surface area (Å²) in [6, 6.07) is 10.2. The Labute approximate surface area is 94.7 Å². The molecule has 1 rings (SSSR count). The number of Topliss-reactive ketones (excluding diaryl/α,β-unsaturated/α-hetero) is 2. The van der Waals surface area contributed by atoms with Gasteiger partial charge in [-0.3, -0.25) is 9.59 Å². The summed E-state index contributed by atoms with van der Waals surface area (Å²) in [5.41, 5.74) is 0.415. The molecule has 0 aliphatic heterocycles. The third kappa shape index (κ3) is 2.77. The van der Waals surface area contributed by atoms with Crippen molar-refractivity contribution in [2.75, 3.05) is 0 Å². The Balaban J connectivity index is 2.87. The van der Waals surface area contributed by atoms with E-state index in [2.05, 4.69) is 0 Å². The van der Waals surface area contributed by atoms with Gasteiger partial charge < -0.3 is 0 Å². The molecule has 0 radical (unpaired) electrons. The predicted molar refractivity (Wildman–Crippen MR) is 59.8 cm³/mol. The number of nitrogens with zero attached hydrogens (tertiary/aromatic N) is 1. The van der Waals surface area contributed by atoms with Crippen LogP contribution in [0, 0.1) is 17.2 Å². The van der Waals surface area contributed by atoms with Gasteiger partial charge in [0.25, 0.3) is 0 Å². The Hall–Kier alpha value is -1.95. The second-order valence-electron chi connectivity index (χ2n) is 3.51. The lowest BCUT2D eigenvalue weighted by Crippen LogP contribution is -2.22. The van der Waals surface area contributed by atoms with E-state index in [1.165, 1.54) is 0 Å². The van der Waals surface area contributed by atoms with E-state index in [1.807, 2.05) is 6.92 Å². The molecule has 1 aromatic carbocycles. The van der Waals surface area contributed by atoms with Gasteiger partial charge >= 0.3 is 0 Å². The van der Waals surface area contributed by atoms with E-state index < -0.39 is 11.7 Å². The first-order chi connectivity index (χ1) is 7.70. The number of ketones is 2. The predicted octanol–water partition coefficient (Wildman–Crippen LogP) is 2.38. The first kappa shape index (κ1) is 12.1. The average Bonchev–Trinajstić information content (AvgIpc) is 2.31. The van der Waals surface area contributed by atoms with Crippen LogP contribution in [0.5, 0.6) is 0 Å². The molecule has 3 heteroatoms. The Bertz CT molecular complexity index is 417. The van der Waals surface area contributed by atoms with E-state index in [9.17, 15) is 9.59 Å². The molecule has 0 fully saturated rings. The highest BCUT2D eigenvalue weighted by Crippen LogP contribution is 2.11.